The van der Waals surface area contributed by atoms with Crippen molar-refractivity contribution in [2.45, 2.75) is 4.71 Å². The van der Waals surface area contributed by atoms with Gasteiger partial charge < -0.3 is 9.47 Å². The van der Waals surface area contributed by atoms with Crippen LogP contribution in [0.1, 0.15) is 0 Å². The second-order valence-electron chi connectivity index (χ2n) is 1.51. The van der Waals surface area contributed by atoms with Gasteiger partial charge in [-0.2, -0.15) is 17.6 Å². The minimum Gasteiger partial charge on any atom is -0.430 e. The van der Waals surface area contributed by atoms with Crippen LogP contribution in [0.4, 0.5) is 17.6 Å². The van der Waals surface area contributed by atoms with Gasteiger partial charge in [0, 0.05) is 0 Å². The van der Waals surface area contributed by atoms with Crippen molar-refractivity contribution >= 4 is 23.2 Å². The van der Waals surface area contributed by atoms with Crippen molar-refractivity contribution in [2.75, 3.05) is 0 Å². The van der Waals surface area contributed by atoms with Gasteiger partial charge in [0.05, 0.1) is 0 Å². The van der Waals surface area contributed by atoms with Crippen molar-refractivity contribution in [3.8, 4) is 0 Å². The summed E-state index contributed by atoms with van der Waals surface area (Å²) in [6.07, 6.45) is -4.74. The maximum absolute atomic E-state index is 11.4. The molecular weight excluding hydrogens is 239 g/mol. The molecule has 0 aliphatic carbocycles. The topological polar surface area (TPSA) is 18.5 Å². The Balaban J connectivity index is 4.09. The normalized spacial score (nSPS) is 10.3. The fourth-order valence-electron chi connectivity index (χ4n) is 0.254. The summed E-state index contributed by atoms with van der Waals surface area (Å²) in [7, 11) is 0. The first kappa shape index (κ1) is 12.4. The zero-order valence-corrected chi connectivity index (χ0v) is 7.25. The first-order valence-corrected chi connectivity index (χ1v) is 3.35. The highest BCUT2D eigenvalue weighted by atomic mass is 35.5. The van der Waals surface area contributed by atoms with E-state index in [2.05, 4.69) is 9.47 Å². The van der Waals surface area contributed by atoms with Crippen LogP contribution in [0.25, 0.3) is 0 Å². The second kappa shape index (κ2) is 5.18. The molecule has 0 saturated carbocycles. The van der Waals surface area contributed by atoms with Gasteiger partial charge >= 0.3 is 16.9 Å². The van der Waals surface area contributed by atoms with Crippen LogP contribution in [0.3, 0.4) is 0 Å². The third kappa shape index (κ3) is 7.73. The summed E-state index contributed by atoms with van der Waals surface area (Å²) in [4.78, 5) is 0. The first-order valence-electron chi connectivity index (χ1n) is 2.59. The maximum atomic E-state index is 11.4. The molecule has 8 heteroatoms. The van der Waals surface area contributed by atoms with Crippen LogP contribution in [0.5, 0.6) is 0 Å². The van der Waals surface area contributed by atoms with Gasteiger partial charge in [-0.1, -0.05) is 0 Å². The standard InChI is InChI=1S/C5H2Cl2F4O2/c6-5(7,12-1-3(8)9)13-2-4(10)11/h1-2H. The van der Waals surface area contributed by atoms with Crippen LogP contribution in [-0.4, -0.2) is 4.71 Å². The highest BCUT2D eigenvalue weighted by Gasteiger charge is 2.26. The van der Waals surface area contributed by atoms with E-state index in [1.165, 1.54) is 0 Å². The number of rotatable bonds is 4. The fourth-order valence-corrected chi connectivity index (χ4v) is 0.432. The van der Waals surface area contributed by atoms with E-state index in [1.807, 2.05) is 0 Å². The van der Waals surface area contributed by atoms with Crippen LogP contribution in [0.2, 0.25) is 0 Å². The van der Waals surface area contributed by atoms with E-state index < -0.39 is 16.9 Å². The largest absolute Gasteiger partial charge is 0.430 e. The first-order chi connectivity index (χ1) is 5.83. The van der Waals surface area contributed by atoms with Crippen molar-refractivity contribution in [1.29, 1.82) is 0 Å². The lowest BCUT2D eigenvalue weighted by Gasteiger charge is -2.15. The molecule has 0 aromatic carbocycles. The van der Waals surface area contributed by atoms with Gasteiger partial charge in [0.15, 0.2) is 12.5 Å². The van der Waals surface area contributed by atoms with E-state index in [9.17, 15) is 17.6 Å². The van der Waals surface area contributed by atoms with Gasteiger partial charge in [-0.15, -0.1) is 0 Å². The number of ether oxygens (including phenoxy) is 2. The average Bonchev–Trinajstić information content (AvgIpc) is 1.98. The second-order valence-corrected chi connectivity index (χ2v) is 2.70. The van der Waals surface area contributed by atoms with Crippen LogP contribution >= 0.6 is 23.2 Å². The van der Waals surface area contributed by atoms with Crippen LogP contribution in [0, 0.1) is 0 Å². The minimum absolute atomic E-state index is 0.135. The van der Waals surface area contributed by atoms with Gasteiger partial charge in [-0.05, 0) is 23.2 Å². The summed E-state index contributed by atoms with van der Waals surface area (Å²) in [5.41, 5.74) is 0. The Morgan fingerprint density at radius 2 is 1.23 bits per heavy atom. The predicted molar refractivity (Wildman–Crippen MR) is 37.2 cm³/mol. The van der Waals surface area contributed by atoms with Gasteiger partial charge in [0.25, 0.3) is 0 Å². The van der Waals surface area contributed by atoms with Crippen molar-refractivity contribution in [2.24, 2.45) is 0 Å². The highest BCUT2D eigenvalue weighted by molar-refractivity contribution is 6.46. The molecule has 13 heavy (non-hydrogen) atoms. The Hall–Kier alpha value is -0.620. The zero-order valence-electron chi connectivity index (χ0n) is 5.74. The predicted octanol–water partition coefficient (Wildman–Crippen LogP) is 3.58. The molecular formula is C5H2Cl2F4O2. The van der Waals surface area contributed by atoms with Gasteiger partial charge in [-0.3, -0.25) is 0 Å². The molecule has 0 unspecified atom stereocenters. The summed E-state index contributed by atoms with van der Waals surface area (Å²) in [5, 5.41) is 0. The Morgan fingerprint density at radius 3 is 1.46 bits per heavy atom. The average molecular weight is 241 g/mol. The molecule has 76 valence electrons. The van der Waals surface area contributed by atoms with Crippen LogP contribution in [-0.2, 0) is 9.47 Å². The minimum atomic E-state index is -2.60. The molecule has 0 radical (unpaired) electrons. The van der Waals surface area contributed by atoms with Crippen molar-refractivity contribution in [3.05, 3.63) is 24.7 Å². The van der Waals surface area contributed by atoms with E-state index in [0.29, 0.717) is 0 Å². The number of hydrogen-bond donors (Lipinski definition) is 0. The van der Waals surface area contributed by atoms with Gasteiger partial charge in [0.1, 0.15) is 0 Å². The third-order valence-corrected chi connectivity index (χ3v) is 0.927. The summed E-state index contributed by atoms with van der Waals surface area (Å²) in [6.45, 7) is 0. The van der Waals surface area contributed by atoms with E-state index in [4.69, 9.17) is 23.2 Å². The SMILES string of the molecule is FC(F)=COC(Cl)(Cl)OC=C(F)F. The van der Waals surface area contributed by atoms with Gasteiger partial charge in [-0.25, -0.2) is 0 Å². The van der Waals surface area contributed by atoms with Crippen LogP contribution < -0.4 is 0 Å². The molecule has 0 atom stereocenters. The number of alkyl halides is 2. The highest BCUT2D eigenvalue weighted by Crippen LogP contribution is 2.26. The lowest BCUT2D eigenvalue weighted by atomic mass is 11.0. The summed E-state index contributed by atoms with van der Waals surface area (Å²) in [5.74, 6) is 0. The van der Waals surface area contributed by atoms with E-state index in [-0.39, 0.29) is 12.5 Å². The molecule has 2 nitrogen and oxygen atoms in total. The Bertz CT molecular complexity index is 199. The molecule has 0 amide bonds. The Morgan fingerprint density at radius 1 is 0.923 bits per heavy atom. The molecule has 0 aromatic heterocycles. The van der Waals surface area contributed by atoms with Gasteiger partial charge in [0.2, 0.25) is 0 Å². The fraction of sp³-hybridized carbons (Fsp3) is 0.200. The summed E-state index contributed by atoms with van der Waals surface area (Å²) in [6, 6.07) is 0. The third-order valence-electron chi connectivity index (χ3n) is 0.570. The molecule has 0 spiro atoms. The maximum Gasteiger partial charge on any atom is 0.418 e. The summed E-state index contributed by atoms with van der Waals surface area (Å²) >= 11 is 9.98. The summed E-state index contributed by atoms with van der Waals surface area (Å²) < 4.78 is 50.6. The van der Waals surface area contributed by atoms with Crippen molar-refractivity contribution in [3.63, 3.8) is 0 Å². The van der Waals surface area contributed by atoms with Crippen molar-refractivity contribution in [1.82, 2.24) is 0 Å². The zero-order chi connectivity index (χ0) is 10.5. The molecule has 0 N–H and O–H groups in total. The Labute approximate surface area is 80.3 Å². The van der Waals surface area contributed by atoms with Crippen molar-refractivity contribution < 1.29 is 27.0 Å². The number of halogens is 6. The monoisotopic (exact) mass is 240 g/mol. The lowest BCUT2D eigenvalue weighted by molar-refractivity contribution is -0.0409. The molecule has 0 fully saturated rings. The molecule has 0 aromatic rings. The van der Waals surface area contributed by atoms with Crippen LogP contribution in [0.15, 0.2) is 24.7 Å². The van der Waals surface area contributed by atoms with E-state index >= 15 is 0 Å². The number of hydrogen-bond acceptors (Lipinski definition) is 2. The molecule has 0 aliphatic rings. The van der Waals surface area contributed by atoms with E-state index in [0.717, 1.165) is 0 Å². The quantitative estimate of drug-likeness (QED) is 0.324. The molecule has 0 saturated heterocycles. The molecule has 0 rings (SSSR count). The van der Waals surface area contributed by atoms with E-state index in [1.54, 1.807) is 0 Å². The smallest absolute Gasteiger partial charge is 0.418 e. The molecule has 0 aliphatic heterocycles. The Kier molecular flexibility index (Phi) is 4.94. The lowest BCUT2D eigenvalue weighted by Crippen LogP contribution is -2.16. The molecule has 0 bridgehead atoms. The molecule has 0 heterocycles.